The van der Waals surface area contributed by atoms with Crippen molar-refractivity contribution in [1.29, 1.82) is 0 Å². The summed E-state index contributed by atoms with van der Waals surface area (Å²) in [6.07, 6.45) is 3.64. The fourth-order valence-corrected chi connectivity index (χ4v) is 1.72. The molecule has 0 aliphatic rings. The van der Waals surface area contributed by atoms with E-state index in [0.29, 0.717) is 12.0 Å². The highest BCUT2D eigenvalue weighted by atomic mass is 16.3. The summed E-state index contributed by atoms with van der Waals surface area (Å²) in [6.45, 7) is 3.99. The number of carbonyl (C=O) groups is 1. The van der Waals surface area contributed by atoms with Crippen molar-refractivity contribution in [1.82, 2.24) is 0 Å². The summed E-state index contributed by atoms with van der Waals surface area (Å²) in [4.78, 5) is 12.1. The third-order valence-electron chi connectivity index (χ3n) is 2.72. The van der Waals surface area contributed by atoms with Gasteiger partial charge in [0.25, 0.3) is 0 Å². The van der Waals surface area contributed by atoms with Gasteiger partial charge in [0.05, 0.1) is 6.61 Å². The molecule has 2 nitrogen and oxygen atoms in total. The molecule has 17 heavy (non-hydrogen) atoms. The van der Waals surface area contributed by atoms with Crippen LogP contribution in [0.3, 0.4) is 0 Å². The van der Waals surface area contributed by atoms with E-state index < -0.39 is 0 Å². The highest BCUT2D eigenvalue weighted by molar-refractivity contribution is 5.97. The van der Waals surface area contributed by atoms with E-state index in [2.05, 4.69) is 6.08 Å². The van der Waals surface area contributed by atoms with Gasteiger partial charge in [-0.25, -0.2) is 0 Å². The van der Waals surface area contributed by atoms with Gasteiger partial charge in [-0.2, -0.15) is 0 Å². The molecule has 0 fully saturated rings. The van der Waals surface area contributed by atoms with Gasteiger partial charge in [-0.15, -0.1) is 0 Å². The number of hydrogen-bond donors (Lipinski definition) is 1. The summed E-state index contributed by atoms with van der Waals surface area (Å²) in [7, 11) is 0. The van der Waals surface area contributed by atoms with E-state index in [9.17, 15) is 9.90 Å². The van der Waals surface area contributed by atoms with Crippen molar-refractivity contribution in [2.45, 2.75) is 26.7 Å². The SMILES string of the molecule is CC(C)=CCCC(CO)C(=O)c1ccccc1. The molecule has 1 unspecified atom stereocenters. The van der Waals surface area contributed by atoms with Crippen LogP contribution in [0.5, 0.6) is 0 Å². The first-order valence-electron chi connectivity index (χ1n) is 5.98. The molecule has 2 heteroatoms. The van der Waals surface area contributed by atoms with Crippen LogP contribution in [0.4, 0.5) is 0 Å². The second kappa shape index (κ2) is 7.02. The van der Waals surface area contributed by atoms with Crippen molar-refractivity contribution in [2.75, 3.05) is 6.61 Å². The van der Waals surface area contributed by atoms with E-state index in [1.807, 2.05) is 32.0 Å². The number of carbonyl (C=O) groups excluding carboxylic acids is 1. The Morgan fingerprint density at radius 2 is 1.94 bits per heavy atom. The molecule has 0 saturated heterocycles. The predicted octanol–water partition coefficient (Wildman–Crippen LogP) is 3.22. The minimum Gasteiger partial charge on any atom is -0.396 e. The maximum absolute atomic E-state index is 12.1. The third kappa shape index (κ3) is 4.53. The van der Waals surface area contributed by atoms with Crippen molar-refractivity contribution in [2.24, 2.45) is 5.92 Å². The molecule has 1 aromatic rings. The van der Waals surface area contributed by atoms with Crippen LogP contribution >= 0.6 is 0 Å². The molecule has 1 N–H and O–H groups in total. The van der Waals surface area contributed by atoms with Gasteiger partial charge in [0.1, 0.15) is 0 Å². The van der Waals surface area contributed by atoms with Gasteiger partial charge in [-0.1, -0.05) is 42.0 Å². The first-order valence-corrected chi connectivity index (χ1v) is 5.98. The highest BCUT2D eigenvalue weighted by Gasteiger charge is 2.17. The summed E-state index contributed by atoms with van der Waals surface area (Å²) in [5, 5.41) is 9.28. The summed E-state index contributed by atoms with van der Waals surface area (Å²) in [5.74, 6) is -0.247. The zero-order valence-corrected chi connectivity index (χ0v) is 10.5. The smallest absolute Gasteiger partial charge is 0.168 e. The maximum Gasteiger partial charge on any atom is 0.168 e. The number of hydrogen-bond acceptors (Lipinski definition) is 2. The minimum absolute atomic E-state index is 0.0373. The zero-order valence-electron chi connectivity index (χ0n) is 10.5. The van der Waals surface area contributed by atoms with E-state index in [-0.39, 0.29) is 18.3 Å². The second-order valence-corrected chi connectivity index (χ2v) is 4.47. The van der Waals surface area contributed by atoms with Gasteiger partial charge in [0.2, 0.25) is 0 Å². The first kappa shape index (κ1) is 13.7. The Bertz CT molecular complexity index is 375. The van der Waals surface area contributed by atoms with Crippen molar-refractivity contribution in [3.63, 3.8) is 0 Å². The normalized spacial score (nSPS) is 11.9. The standard InChI is InChI=1S/C15H20O2/c1-12(2)7-6-10-14(11-16)15(17)13-8-4-3-5-9-13/h3-5,7-9,14,16H,6,10-11H2,1-2H3. The molecule has 0 spiro atoms. The molecule has 0 amide bonds. The first-order chi connectivity index (χ1) is 8.15. The lowest BCUT2D eigenvalue weighted by Gasteiger charge is -2.11. The van der Waals surface area contributed by atoms with Crippen LogP contribution in [0, 0.1) is 5.92 Å². The number of aliphatic hydroxyl groups is 1. The largest absolute Gasteiger partial charge is 0.396 e. The van der Waals surface area contributed by atoms with Crippen LogP contribution in [0.2, 0.25) is 0 Å². The zero-order chi connectivity index (χ0) is 12.7. The van der Waals surface area contributed by atoms with Gasteiger partial charge >= 0.3 is 0 Å². The lowest BCUT2D eigenvalue weighted by molar-refractivity contribution is 0.0852. The van der Waals surface area contributed by atoms with Gasteiger partial charge in [0.15, 0.2) is 5.78 Å². The predicted molar refractivity (Wildman–Crippen MR) is 70.0 cm³/mol. The topological polar surface area (TPSA) is 37.3 Å². The van der Waals surface area contributed by atoms with Crippen molar-refractivity contribution in [3.05, 3.63) is 47.5 Å². The Hall–Kier alpha value is -1.41. The molecule has 0 heterocycles. The number of benzene rings is 1. The summed E-state index contributed by atoms with van der Waals surface area (Å²) in [5.41, 5.74) is 1.93. The Morgan fingerprint density at radius 1 is 1.29 bits per heavy atom. The van der Waals surface area contributed by atoms with Crippen LogP contribution in [-0.2, 0) is 0 Å². The number of ketones is 1. The van der Waals surface area contributed by atoms with E-state index in [0.717, 1.165) is 6.42 Å². The molecular weight excluding hydrogens is 212 g/mol. The number of aliphatic hydroxyl groups excluding tert-OH is 1. The van der Waals surface area contributed by atoms with E-state index >= 15 is 0 Å². The fourth-order valence-electron chi connectivity index (χ4n) is 1.72. The number of allylic oxidation sites excluding steroid dienone is 2. The molecule has 1 rings (SSSR count). The summed E-state index contributed by atoms with van der Waals surface area (Å²) >= 11 is 0. The Morgan fingerprint density at radius 3 is 2.47 bits per heavy atom. The van der Waals surface area contributed by atoms with Crippen LogP contribution in [-0.4, -0.2) is 17.5 Å². The van der Waals surface area contributed by atoms with E-state index in [4.69, 9.17) is 0 Å². The fraction of sp³-hybridized carbons (Fsp3) is 0.400. The molecule has 0 bridgehead atoms. The average Bonchev–Trinajstić information content (AvgIpc) is 2.34. The number of Topliss-reactive ketones (excluding diaryl/α,β-unsaturated/α-hetero) is 1. The van der Waals surface area contributed by atoms with Crippen molar-refractivity contribution in [3.8, 4) is 0 Å². The molecule has 1 aromatic carbocycles. The third-order valence-corrected chi connectivity index (χ3v) is 2.72. The van der Waals surface area contributed by atoms with Crippen LogP contribution in [0.1, 0.15) is 37.0 Å². The van der Waals surface area contributed by atoms with Crippen molar-refractivity contribution < 1.29 is 9.90 Å². The molecule has 0 aliphatic carbocycles. The molecule has 1 atom stereocenters. The molecule has 0 saturated carbocycles. The quantitative estimate of drug-likeness (QED) is 0.604. The van der Waals surface area contributed by atoms with Gasteiger partial charge in [0, 0.05) is 11.5 Å². The average molecular weight is 232 g/mol. The number of rotatable bonds is 6. The van der Waals surface area contributed by atoms with E-state index in [1.165, 1.54) is 5.57 Å². The van der Waals surface area contributed by atoms with Crippen LogP contribution < -0.4 is 0 Å². The Balaban J connectivity index is 2.62. The van der Waals surface area contributed by atoms with Gasteiger partial charge in [-0.05, 0) is 26.7 Å². The molecule has 0 radical (unpaired) electrons. The second-order valence-electron chi connectivity index (χ2n) is 4.47. The van der Waals surface area contributed by atoms with Gasteiger partial charge < -0.3 is 5.11 Å². The lowest BCUT2D eigenvalue weighted by atomic mass is 9.94. The molecule has 0 aromatic heterocycles. The van der Waals surface area contributed by atoms with Crippen molar-refractivity contribution >= 4 is 5.78 Å². The van der Waals surface area contributed by atoms with Gasteiger partial charge in [-0.3, -0.25) is 4.79 Å². The Kier molecular flexibility index (Phi) is 5.64. The minimum atomic E-state index is -0.284. The van der Waals surface area contributed by atoms with E-state index in [1.54, 1.807) is 12.1 Å². The highest BCUT2D eigenvalue weighted by Crippen LogP contribution is 2.14. The molecule has 0 aliphatic heterocycles. The monoisotopic (exact) mass is 232 g/mol. The lowest BCUT2D eigenvalue weighted by Crippen LogP contribution is -2.18. The van der Waals surface area contributed by atoms with Crippen LogP contribution in [0.15, 0.2) is 42.0 Å². The summed E-state index contributed by atoms with van der Waals surface area (Å²) < 4.78 is 0. The van der Waals surface area contributed by atoms with Crippen LogP contribution in [0.25, 0.3) is 0 Å². The molecule has 92 valence electrons. The maximum atomic E-state index is 12.1. The summed E-state index contributed by atoms with van der Waals surface area (Å²) in [6, 6.07) is 9.17. The molecular formula is C15H20O2. The Labute approximate surface area is 103 Å².